The zero-order chi connectivity index (χ0) is 16.4. The number of nitrogens with zero attached hydrogens (tertiary/aromatic N) is 1. The summed E-state index contributed by atoms with van der Waals surface area (Å²) in [5, 5.41) is 3.38. The van der Waals surface area contributed by atoms with Crippen molar-refractivity contribution in [3.05, 3.63) is 64.1 Å². The number of anilines is 1. The number of benzene rings is 2. The molecule has 0 unspecified atom stereocenters. The molecule has 4 nitrogen and oxygen atoms in total. The molecule has 0 saturated carbocycles. The molecule has 0 amide bonds. The van der Waals surface area contributed by atoms with E-state index in [1.165, 1.54) is 7.11 Å². The van der Waals surface area contributed by atoms with Crippen molar-refractivity contribution in [2.24, 2.45) is 0 Å². The van der Waals surface area contributed by atoms with E-state index in [1.54, 1.807) is 0 Å². The largest absolute Gasteiger partial charge is 0.466 e. The molecule has 0 fully saturated rings. The molecule has 0 bridgehead atoms. The lowest BCUT2D eigenvalue weighted by Gasteiger charge is -2.27. The van der Waals surface area contributed by atoms with Crippen molar-refractivity contribution in [2.75, 3.05) is 19.0 Å². The number of rotatable bonds is 3. The van der Waals surface area contributed by atoms with Crippen molar-refractivity contribution >= 4 is 33.4 Å². The van der Waals surface area contributed by atoms with Crippen molar-refractivity contribution in [1.29, 1.82) is 0 Å². The Morgan fingerprint density at radius 3 is 2.70 bits per heavy atom. The number of fused-ring (bicyclic) bond motifs is 1. The number of hydrogen-bond acceptors (Lipinski definition) is 3. The van der Waals surface area contributed by atoms with Crippen LogP contribution in [0.1, 0.15) is 24.1 Å². The van der Waals surface area contributed by atoms with Crippen LogP contribution in [0, 0.1) is 0 Å². The number of amidine groups is 1. The zero-order valence-corrected chi connectivity index (χ0v) is 14.6. The number of esters is 1. The van der Waals surface area contributed by atoms with Crippen LogP contribution in [0.4, 0.5) is 5.69 Å². The molecule has 1 heterocycles. The molecule has 0 spiro atoms. The number of halogens is 1. The summed E-state index contributed by atoms with van der Waals surface area (Å²) in [5.41, 5.74) is 3.32. The van der Waals surface area contributed by atoms with Gasteiger partial charge in [0.1, 0.15) is 5.69 Å². The summed E-state index contributed by atoms with van der Waals surface area (Å²) in [5.74, 6) is 0.671. The van der Waals surface area contributed by atoms with Gasteiger partial charge in [0, 0.05) is 22.5 Å². The molecule has 1 aliphatic rings. The number of methoxy groups -OCH3 is 1. The zero-order valence-electron chi connectivity index (χ0n) is 13.0. The van der Waals surface area contributed by atoms with Gasteiger partial charge in [-0.25, -0.2) is 14.7 Å². The standard InChI is InChI=1S/C18H17BrN2O2/c1-12-20-16-9-8-14(19)10-15(16)18(13-6-4-3-5-7-13)21(12)11-17(22)23-2/h3-10,18H,11H2,1-2H3/p+1/t18-/m0/s1. The molecule has 0 saturated heterocycles. The van der Waals surface area contributed by atoms with Crippen LogP contribution in [0.5, 0.6) is 0 Å². The van der Waals surface area contributed by atoms with Crippen LogP contribution in [0.3, 0.4) is 0 Å². The van der Waals surface area contributed by atoms with Crippen molar-refractivity contribution in [2.45, 2.75) is 13.0 Å². The molecule has 0 radical (unpaired) electrons. The predicted octanol–water partition coefficient (Wildman–Crippen LogP) is 3.57. The molecule has 23 heavy (non-hydrogen) atoms. The van der Waals surface area contributed by atoms with E-state index < -0.39 is 0 Å². The molecule has 2 aromatic carbocycles. The highest BCUT2D eigenvalue weighted by Gasteiger charge is 2.34. The molecule has 5 heteroatoms. The van der Waals surface area contributed by atoms with E-state index in [-0.39, 0.29) is 18.6 Å². The minimum Gasteiger partial charge on any atom is -0.466 e. The lowest BCUT2D eigenvalue weighted by molar-refractivity contribution is -0.554. The summed E-state index contributed by atoms with van der Waals surface area (Å²) in [4.78, 5) is 11.9. The summed E-state index contributed by atoms with van der Waals surface area (Å²) in [6.45, 7) is 2.17. The third-order valence-electron chi connectivity index (χ3n) is 4.01. The fourth-order valence-corrected chi connectivity index (χ4v) is 3.29. The SMILES string of the molecule is COC(=O)C[N+]1=C(C)Nc2ccc(Br)cc2[C@@H]1c1ccccc1. The number of nitrogens with one attached hydrogen (secondary N) is 1. The minimum atomic E-state index is -0.259. The van der Waals surface area contributed by atoms with Gasteiger partial charge in [-0.05, 0) is 18.2 Å². The van der Waals surface area contributed by atoms with Crippen molar-refractivity contribution < 1.29 is 14.1 Å². The van der Waals surface area contributed by atoms with Gasteiger partial charge in [-0.3, -0.25) is 0 Å². The van der Waals surface area contributed by atoms with Crippen LogP contribution in [0.2, 0.25) is 0 Å². The Labute approximate surface area is 143 Å². The Hall–Kier alpha value is -2.14. The highest BCUT2D eigenvalue weighted by molar-refractivity contribution is 9.10. The first-order valence-electron chi connectivity index (χ1n) is 7.38. The van der Waals surface area contributed by atoms with Gasteiger partial charge in [-0.1, -0.05) is 46.3 Å². The van der Waals surface area contributed by atoms with E-state index in [4.69, 9.17) is 4.74 Å². The first-order chi connectivity index (χ1) is 11.1. The summed E-state index contributed by atoms with van der Waals surface area (Å²) in [7, 11) is 1.41. The van der Waals surface area contributed by atoms with Gasteiger partial charge in [0.05, 0.1) is 7.11 Å². The van der Waals surface area contributed by atoms with Gasteiger partial charge < -0.3 is 4.74 Å². The van der Waals surface area contributed by atoms with Crippen LogP contribution in [-0.2, 0) is 9.53 Å². The average molecular weight is 374 g/mol. The van der Waals surface area contributed by atoms with Crippen molar-refractivity contribution in [3.63, 3.8) is 0 Å². The Morgan fingerprint density at radius 1 is 1.26 bits per heavy atom. The fourth-order valence-electron chi connectivity index (χ4n) is 2.91. The highest BCUT2D eigenvalue weighted by atomic mass is 79.9. The fraction of sp³-hybridized carbons (Fsp3) is 0.222. The molecular formula is C18H18BrN2O2+. The molecule has 118 valence electrons. The van der Waals surface area contributed by atoms with E-state index in [2.05, 4.69) is 39.4 Å². The Bertz CT molecular complexity index is 772. The summed E-state index contributed by atoms with van der Waals surface area (Å²) in [6, 6.07) is 16.3. The summed E-state index contributed by atoms with van der Waals surface area (Å²) in [6.07, 6.45) is 0. The average Bonchev–Trinajstić information content (AvgIpc) is 2.56. The van der Waals surface area contributed by atoms with Crippen LogP contribution < -0.4 is 5.32 Å². The summed E-state index contributed by atoms with van der Waals surface area (Å²) < 4.78 is 7.91. The van der Waals surface area contributed by atoms with Gasteiger partial charge >= 0.3 is 5.97 Å². The molecule has 0 aliphatic carbocycles. The van der Waals surface area contributed by atoms with Crippen molar-refractivity contribution in [3.8, 4) is 0 Å². The van der Waals surface area contributed by atoms with Gasteiger partial charge in [0.25, 0.3) is 0 Å². The quantitative estimate of drug-likeness (QED) is 0.660. The lowest BCUT2D eigenvalue weighted by atomic mass is 9.94. The van der Waals surface area contributed by atoms with Gasteiger partial charge in [0.15, 0.2) is 12.6 Å². The van der Waals surface area contributed by atoms with Crippen molar-refractivity contribution in [1.82, 2.24) is 0 Å². The maximum absolute atomic E-state index is 11.9. The topological polar surface area (TPSA) is 41.3 Å². The normalized spacial score (nSPS) is 16.6. The van der Waals surface area contributed by atoms with E-state index in [9.17, 15) is 4.79 Å². The van der Waals surface area contributed by atoms with Crippen LogP contribution in [0.25, 0.3) is 0 Å². The third-order valence-corrected chi connectivity index (χ3v) is 4.50. The number of carbonyl (C=O) groups is 1. The molecule has 2 aromatic rings. The second-order valence-corrected chi connectivity index (χ2v) is 6.37. The van der Waals surface area contributed by atoms with Crippen LogP contribution in [0.15, 0.2) is 53.0 Å². The second kappa shape index (κ2) is 6.54. The first kappa shape index (κ1) is 15.7. The molecule has 1 atom stereocenters. The Balaban J connectivity index is 2.15. The number of carbonyl (C=O) groups excluding carboxylic acids is 1. The Morgan fingerprint density at radius 2 is 2.00 bits per heavy atom. The minimum absolute atomic E-state index is 0.0379. The van der Waals surface area contributed by atoms with E-state index in [0.29, 0.717) is 0 Å². The molecular weight excluding hydrogens is 356 g/mol. The molecule has 3 rings (SSSR count). The third kappa shape index (κ3) is 3.15. The second-order valence-electron chi connectivity index (χ2n) is 5.46. The van der Waals surface area contributed by atoms with E-state index in [1.807, 2.05) is 41.8 Å². The van der Waals surface area contributed by atoms with Gasteiger partial charge in [0.2, 0.25) is 5.84 Å². The number of hydrogen-bond donors (Lipinski definition) is 1. The monoisotopic (exact) mass is 373 g/mol. The predicted molar refractivity (Wildman–Crippen MR) is 93.9 cm³/mol. The smallest absolute Gasteiger partial charge is 0.347 e. The maximum atomic E-state index is 11.9. The van der Waals surface area contributed by atoms with E-state index in [0.717, 1.165) is 27.1 Å². The van der Waals surface area contributed by atoms with Gasteiger partial charge in [-0.15, -0.1) is 0 Å². The molecule has 0 aromatic heterocycles. The summed E-state index contributed by atoms with van der Waals surface area (Å²) >= 11 is 3.55. The first-order valence-corrected chi connectivity index (χ1v) is 8.18. The highest BCUT2D eigenvalue weighted by Crippen LogP contribution is 2.36. The Kier molecular flexibility index (Phi) is 4.48. The van der Waals surface area contributed by atoms with Crippen LogP contribution in [-0.4, -0.2) is 30.0 Å². The number of ether oxygens (including phenoxy) is 1. The van der Waals surface area contributed by atoms with Crippen LogP contribution >= 0.6 is 15.9 Å². The maximum Gasteiger partial charge on any atom is 0.347 e. The van der Waals surface area contributed by atoms with E-state index >= 15 is 0 Å². The molecule has 1 N–H and O–H groups in total. The molecule has 1 aliphatic heterocycles. The van der Waals surface area contributed by atoms with Gasteiger partial charge in [-0.2, -0.15) is 0 Å². The lowest BCUT2D eigenvalue weighted by Crippen LogP contribution is -2.38.